The fourth-order valence-corrected chi connectivity index (χ4v) is 2.85. The largest absolute Gasteiger partial charge is 0.466 e. The van der Waals surface area contributed by atoms with Crippen molar-refractivity contribution < 1.29 is 14.3 Å². The topological polar surface area (TPSA) is 50.8 Å². The van der Waals surface area contributed by atoms with E-state index in [0.717, 1.165) is 11.3 Å². The number of nitrogens with one attached hydrogen (secondary N) is 1. The zero-order valence-electron chi connectivity index (χ0n) is 13.0. The number of methoxy groups -OCH3 is 2. The fraction of sp³-hybridized carbons (Fsp3) is 0.375. The van der Waals surface area contributed by atoms with E-state index in [9.17, 15) is 4.79 Å². The summed E-state index contributed by atoms with van der Waals surface area (Å²) >= 11 is 5.44. The van der Waals surface area contributed by atoms with Gasteiger partial charge in [-0.15, -0.1) is 0 Å². The van der Waals surface area contributed by atoms with Crippen molar-refractivity contribution in [3.8, 4) is 0 Å². The molecule has 1 heterocycles. The van der Waals surface area contributed by atoms with Crippen LogP contribution in [0.1, 0.15) is 18.5 Å². The number of carbonyl (C=O) groups is 1. The second kappa shape index (κ2) is 7.38. The molecule has 0 saturated carbocycles. The van der Waals surface area contributed by atoms with Gasteiger partial charge in [-0.2, -0.15) is 0 Å². The highest BCUT2D eigenvalue weighted by Crippen LogP contribution is 2.31. The fourth-order valence-electron chi connectivity index (χ4n) is 2.50. The number of nitrogens with zero attached hydrogens (tertiary/aromatic N) is 1. The van der Waals surface area contributed by atoms with Crippen LogP contribution in [0.2, 0.25) is 0 Å². The number of carbonyl (C=O) groups excluding carboxylic acids is 1. The van der Waals surface area contributed by atoms with Gasteiger partial charge in [0.05, 0.1) is 25.3 Å². The van der Waals surface area contributed by atoms with E-state index in [0.29, 0.717) is 23.8 Å². The molecule has 0 aromatic heterocycles. The summed E-state index contributed by atoms with van der Waals surface area (Å²) in [5.74, 6) is -0.358. The Bertz CT molecular complexity index is 586. The molecule has 1 aromatic rings. The van der Waals surface area contributed by atoms with Gasteiger partial charge in [-0.3, -0.25) is 0 Å². The molecule has 1 aromatic carbocycles. The van der Waals surface area contributed by atoms with Crippen LogP contribution in [0, 0.1) is 0 Å². The maximum atomic E-state index is 12.3. The highest BCUT2D eigenvalue weighted by atomic mass is 32.1. The van der Waals surface area contributed by atoms with E-state index in [1.807, 2.05) is 42.2 Å². The Morgan fingerprint density at radius 3 is 2.59 bits per heavy atom. The zero-order valence-corrected chi connectivity index (χ0v) is 13.8. The molecule has 1 N–H and O–H groups in total. The maximum absolute atomic E-state index is 12.3. The number of esters is 1. The van der Waals surface area contributed by atoms with E-state index in [1.165, 1.54) is 7.11 Å². The predicted molar refractivity (Wildman–Crippen MR) is 88.2 cm³/mol. The van der Waals surface area contributed by atoms with Crippen LogP contribution in [-0.2, 0) is 14.3 Å². The van der Waals surface area contributed by atoms with E-state index in [4.69, 9.17) is 21.7 Å². The smallest absolute Gasteiger partial charge is 0.337 e. The first kappa shape index (κ1) is 16.5. The first-order chi connectivity index (χ1) is 10.6. The van der Waals surface area contributed by atoms with Crippen LogP contribution in [0.15, 0.2) is 41.6 Å². The molecule has 0 saturated heterocycles. The second-order valence-electron chi connectivity index (χ2n) is 4.93. The molecule has 118 valence electrons. The van der Waals surface area contributed by atoms with Crippen LogP contribution in [0.5, 0.6) is 0 Å². The van der Waals surface area contributed by atoms with E-state index < -0.39 is 0 Å². The highest BCUT2D eigenvalue weighted by Gasteiger charge is 2.34. The second-order valence-corrected chi connectivity index (χ2v) is 5.31. The molecule has 1 aliphatic heterocycles. The van der Waals surface area contributed by atoms with Gasteiger partial charge >= 0.3 is 5.97 Å². The van der Waals surface area contributed by atoms with Crippen molar-refractivity contribution in [3.63, 3.8) is 0 Å². The molecule has 0 aliphatic carbocycles. The van der Waals surface area contributed by atoms with Crippen molar-refractivity contribution >= 4 is 23.3 Å². The van der Waals surface area contributed by atoms with Gasteiger partial charge in [0.25, 0.3) is 0 Å². The van der Waals surface area contributed by atoms with Crippen molar-refractivity contribution in [1.29, 1.82) is 0 Å². The third-order valence-corrected chi connectivity index (χ3v) is 3.99. The van der Waals surface area contributed by atoms with Crippen LogP contribution >= 0.6 is 12.2 Å². The van der Waals surface area contributed by atoms with Crippen molar-refractivity contribution in [3.05, 3.63) is 47.2 Å². The van der Waals surface area contributed by atoms with Crippen LogP contribution < -0.4 is 5.32 Å². The normalized spacial score (nSPS) is 18.2. The Balaban J connectivity index is 2.45. The first-order valence-electron chi connectivity index (χ1n) is 7.01. The Morgan fingerprint density at radius 2 is 2.00 bits per heavy atom. The molecule has 6 heteroatoms. The van der Waals surface area contributed by atoms with E-state index in [1.54, 1.807) is 7.11 Å². The number of ether oxygens (including phenoxy) is 2. The number of hydrogen-bond acceptors (Lipinski definition) is 4. The first-order valence-corrected chi connectivity index (χ1v) is 7.42. The van der Waals surface area contributed by atoms with Crippen molar-refractivity contribution in [2.24, 2.45) is 0 Å². The quantitative estimate of drug-likeness (QED) is 0.662. The predicted octanol–water partition coefficient (Wildman–Crippen LogP) is 2.01. The molecular formula is C16H20N2O3S. The van der Waals surface area contributed by atoms with E-state index in [2.05, 4.69) is 5.32 Å². The minimum Gasteiger partial charge on any atom is -0.466 e. The summed E-state index contributed by atoms with van der Waals surface area (Å²) in [5, 5.41) is 3.81. The molecule has 0 amide bonds. The van der Waals surface area contributed by atoms with Gasteiger partial charge < -0.3 is 19.7 Å². The van der Waals surface area contributed by atoms with Crippen molar-refractivity contribution in [1.82, 2.24) is 10.2 Å². The lowest BCUT2D eigenvalue weighted by Crippen LogP contribution is -2.48. The zero-order chi connectivity index (χ0) is 16.1. The SMILES string of the molecule is COCCN1C(=S)N[C@@H](c2ccccc2)C(C(=O)OC)=C1C. The average molecular weight is 320 g/mol. The van der Waals surface area contributed by atoms with Gasteiger partial charge in [0, 0.05) is 19.4 Å². The molecule has 0 unspecified atom stereocenters. The molecule has 22 heavy (non-hydrogen) atoms. The summed E-state index contributed by atoms with van der Waals surface area (Å²) in [6.45, 7) is 2.98. The molecule has 1 aliphatic rings. The van der Waals surface area contributed by atoms with Crippen LogP contribution in [0.25, 0.3) is 0 Å². The van der Waals surface area contributed by atoms with Crippen LogP contribution in [0.4, 0.5) is 0 Å². The summed E-state index contributed by atoms with van der Waals surface area (Å²) < 4.78 is 10.1. The van der Waals surface area contributed by atoms with Gasteiger partial charge in [0.1, 0.15) is 0 Å². The van der Waals surface area contributed by atoms with Gasteiger partial charge in [-0.1, -0.05) is 30.3 Å². The summed E-state index contributed by atoms with van der Waals surface area (Å²) in [7, 11) is 3.02. The number of allylic oxidation sites excluding steroid dienone is 1. The Hall–Kier alpha value is -1.92. The third kappa shape index (κ3) is 3.28. The number of hydrogen-bond donors (Lipinski definition) is 1. The third-order valence-electron chi connectivity index (χ3n) is 3.65. The highest BCUT2D eigenvalue weighted by molar-refractivity contribution is 7.80. The van der Waals surface area contributed by atoms with Gasteiger partial charge in [-0.25, -0.2) is 4.79 Å². The summed E-state index contributed by atoms with van der Waals surface area (Å²) in [5.41, 5.74) is 2.33. The summed E-state index contributed by atoms with van der Waals surface area (Å²) in [4.78, 5) is 14.1. The molecule has 5 nitrogen and oxygen atoms in total. The lowest BCUT2D eigenvalue weighted by molar-refractivity contribution is -0.136. The lowest BCUT2D eigenvalue weighted by atomic mass is 9.95. The molecule has 1 atom stereocenters. The average Bonchev–Trinajstić information content (AvgIpc) is 2.54. The van der Waals surface area contributed by atoms with Crippen LogP contribution in [0.3, 0.4) is 0 Å². The Labute approximate surface area is 135 Å². The number of thiocarbonyl (C=S) groups is 1. The minimum atomic E-state index is -0.358. The minimum absolute atomic E-state index is 0.306. The molecule has 0 spiro atoms. The van der Waals surface area contributed by atoms with Crippen molar-refractivity contribution in [2.45, 2.75) is 13.0 Å². The monoisotopic (exact) mass is 320 g/mol. The molecule has 0 radical (unpaired) electrons. The van der Waals surface area contributed by atoms with Gasteiger partial charge in [-0.05, 0) is 24.7 Å². The van der Waals surface area contributed by atoms with E-state index >= 15 is 0 Å². The molecule has 2 rings (SSSR count). The maximum Gasteiger partial charge on any atom is 0.337 e. The lowest BCUT2D eigenvalue weighted by Gasteiger charge is -2.37. The van der Waals surface area contributed by atoms with Crippen molar-refractivity contribution in [2.75, 3.05) is 27.4 Å². The number of rotatable bonds is 5. The molecule has 0 bridgehead atoms. The summed E-state index contributed by atoms with van der Waals surface area (Å²) in [6, 6.07) is 9.41. The van der Waals surface area contributed by atoms with E-state index in [-0.39, 0.29) is 12.0 Å². The van der Waals surface area contributed by atoms with Gasteiger partial charge in [0.15, 0.2) is 5.11 Å². The molecular weight excluding hydrogens is 300 g/mol. The standard InChI is InChI=1S/C16H20N2O3S/c1-11-13(15(19)21-3)14(12-7-5-4-6-8-12)17-16(22)18(11)9-10-20-2/h4-8,14H,9-10H2,1-3H3,(H,17,22)/t14-/m0/s1. The number of benzene rings is 1. The van der Waals surface area contributed by atoms with Crippen LogP contribution in [-0.4, -0.2) is 43.4 Å². The molecule has 0 fully saturated rings. The Kier molecular flexibility index (Phi) is 5.51. The summed E-state index contributed by atoms with van der Waals surface area (Å²) in [6.07, 6.45) is 0. The Morgan fingerprint density at radius 1 is 1.32 bits per heavy atom. The van der Waals surface area contributed by atoms with Gasteiger partial charge in [0.2, 0.25) is 0 Å².